The lowest BCUT2D eigenvalue weighted by molar-refractivity contribution is -0.138. The van der Waals surface area contributed by atoms with Crippen LogP contribution < -0.4 is 10.6 Å². The molecule has 25 heavy (non-hydrogen) atoms. The smallest absolute Gasteiger partial charge is 0.239 e. The molecule has 1 saturated carbocycles. The average molecular weight is 366 g/mol. The van der Waals surface area contributed by atoms with Crippen molar-refractivity contribution in [3.63, 3.8) is 0 Å². The van der Waals surface area contributed by atoms with Crippen LogP contribution in [0.1, 0.15) is 51.4 Å². The number of piperazine rings is 1. The van der Waals surface area contributed by atoms with Gasteiger partial charge in [-0.25, -0.2) is 0 Å². The average Bonchev–Trinajstić information content (AvgIpc) is 2.83. The molecule has 2 N–H and O–H groups in total. The van der Waals surface area contributed by atoms with Crippen molar-refractivity contribution < 1.29 is 14.4 Å². The van der Waals surface area contributed by atoms with Gasteiger partial charge in [0.25, 0.3) is 0 Å². The molecule has 0 radical (unpaired) electrons. The van der Waals surface area contributed by atoms with Gasteiger partial charge in [0.2, 0.25) is 17.7 Å². The SMILES string of the molecule is O=C1CN(C(=O)CCCC(=O)NC2=N[C@@H]3CCCCC[C@@H]3S2)CCN1. The van der Waals surface area contributed by atoms with Crippen LogP contribution in [0.4, 0.5) is 0 Å². The summed E-state index contributed by atoms with van der Waals surface area (Å²) in [5.74, 6) is -0.254. The van der Waals surface area contributed by atoms with Gasteiger partial charge >= 0.3 is 0 Å². The van der Waals surface area contributed by atoms with E-state index in [1.54, 1.807) is 16.7 Å². The first kappa shape index (κ1) is 18.2. The van der Waals surface area contributed by atoms with Gasteiger partial charge in [-0.2, -0.15) is 0 Å². The fraction of sp³-hybridized carbons (Fsp3) is 0.765. The zero-order valence-electron chi connectivity index (χ0n) is 14.5. The Balaban J connectivity index is 1.36. The van der Waals surface area contributed by atoms with E-state index in [1.807, 2.05) is 0 Å². The summed E-state index contributed by atoms with van der Waals surface area (Å²) in [6, 6.07) is 0.356. The topological polar surface area (TPSA) is 90.9 Å². The number of fused-ring (bicyclic) bond motifs is 1. The number of rotatable bonds is 4. The van der Waals surface area contributed by atoms with Crippen LogP contribution >= 0.6 is 11.8 Å². The third-order valence-electron chi connectivity index (χ3n) is 4.90. The van der Waals surface area contributed by atoms with Crippen LogP contribution in [0.25, 0.3) is 0 Å². The van der Waals surface area contributed by atoms with E-state index in [0.717, 1.165) is 11.6 Å². The Bertz CT molecular complexity index is 566. The van der Waals surface area contributed by atoms with Gasteiger partial charge in [-0.15, -0.1) is 0 Å². The number of carbonyl (C=O) groups excluding carboxylic acids is 3. The van der Waals surface area contributed by atoms with Gasteiger partial charge < -0.3 is 15.5 Å². The molecule has 0 aromatic heterocycles. The van der Waals surface area contributed by atoms with E-state index < -0.39 is 0 Å². The molecule has 3 amide bonds. The molecule has 3 rings (SSSR count). The quantitative estimate of drug-likeness (QED) is 0.778. The van der Waals surface area contributed by atoms with Gasteiger partial charge in [0.1, 0.15) is 0 Å². The van der Waals surface area contributed by atoms with E-state index in [0.29, 0.717) is 43.6 Å². The number of nitrogens with one attached hydrogen (secondary N) is 2. The highest BCUT2D eigenvalue weighted by molar-refractivity contribution is 8.14. The highest BCUT2D eigenvalue weighted by Gasteiger charge is 2.31. The first-order chi connectivity index (χ1) is 12.1. The highest BCUT2D eigenvalue weighted by Crippen LogP contribution is 2.35. The van der Waals surface area contributed by atoms with E-state index in [9.17, 15) is 14.4 Å². The van der Waals surface area contributed by atoms with E-state index in [2.05, 4.69) is 15.6 Å². The number of amidine groups is 1. The third-order valence-corrected chi connectivity index (χ3v) is 6.18. The molecule has 0 spiro atoms. The van der Waals surface area contributed by atoms with Gasteiger partial charge in [0, 0.05) is 31.2 Å². The molecular formula is C17H26N4O3S. The minimum absolute atomic E-state index is 0.0579. The number of thioether (sulfide) groups is 1. The summed E-state index contributed by atoms with van der Waals surface area (Å²) in [6.45, 7) is 1.18. The van der Waals surface area contributed by atoms with Crippen molar-refractivity contribution in [3.8, 4) is 0 Å². The Hall–Kier alpha value is -1.57. The normalized spacial score (nSPS) is 26.3. The molecule has 0 aromatic rings. The molecule has 0 aromatic carbocycles. The van der Waals surface area contributed by atoms with Crippen molar-refractivity contribution in [2.75, 3.05) is 19.6 Å². The third kappa shape index (κ3) is 5.20. The Morgan fingerprint density at radius 3 is 2.92 bits per heavy atom. The van der Waals surface area contributed by atoms with Crippen molar-refractivity contribution in [2.24, 2.45) is 4.99 Å². The predicted octanol–water partition coefficient (Wildman–Crippen LogP) is 1.04. The van der Waals surface area contributed by atoms with Crippen molar-refractivity contribution in [2.45, 2.75) is 62.7 Å². The van der Waals surface area contributed by atoms with Gasteiger partial charge in [-0.3, -0.25) is 19.4 Å². The van der Waals surface area contributed by atoms with Crippen molar-refractivity contribution in [1.29, 1.82) is 0 Å². The molecule has 0 bridgehead atoms. The number of hydrogen-bond acceptors (Lipinski definition) is 5. The minimum atomic E-state index is -0.120. The monoisotopic (exact) mass is 366 g/mol. The van der Waals surface area contributed by atoms with Crippen molar-refractivity contribution in [3.05, 3.63) is 0 Å². The molecule has 2 aliphatic heterocycles. The van der Waals surface area contributed by atoms with Crippen molar-refractivity contribution >= 4 is 34.7 Å². The lowest BCUT2D eigenvalue weighted by Crippen LogP contribution is -2.49. The summed E-state index contributed by atoms with van der Waals surface area (Å²) < 4.78 is 0. The summed E-state index contributed by atoms with van der Waals surface area (Å²) in [7, 11) is 0. The standard InChI is InChI=1S/C17H26N4O3S/c22-14(7-4-8-16(24)21-10-9-18-15(23)11-21)20-17-19-12-5-2-1-3-6-13(12)25-17/h12-13H,1-11H2,(H,18,23)(H,19,20,22)/t12-,13+/m1/s1. The molecule has 2 fully saturated rings. The summed E-state index contributed by atoms with van der Waals surface area (Å²) in [5, 5.41) is 6.86. The van der Waals surface area contributed by atoms with Gasteiger partial charge in [-0.05, 0) is 19.3 Å². The molecule has 1 saturated heterocycles. The second-order valence-corrected chi connectivity index (χ2v) is 8.09. The Labute approximate surface area is 152 Å². The van der Waals surface area contributed by atoms with Gasteiger partial charge in [0.05, 0.1) is 12.6 Å². The Kier molecular flexibility index (Phi) is 6.34. The zero-order chi connectivity index (χ0) is 17.6. The van der Waals surface area contributed by atoms with E-state index in [1.165, 1.54) is 25.7 Å². The van der Waals surface area contributed by atoms with Crippen LogP contribution in [0.15, 0.2) is 4.99 Å². The molecule has 2 atom stereocenters. The predicted molar refractivity (Wildman–Crippen MR) is 97.3 cm³/mol. The van der Waals surface area contributed by atoms with Crippen LogP contribution in [0.5, 0.6) is 0 Å². The van der Waals surface area contributed by atoms with E-state index >= 15 is 0 Å². The maximum absolute atomic E-state index is 12.1. The highest BCUT2D eigenvalue weighted by atomic mass is 32.2. The molecule has 3 aliphatic rings. The molecule has 1 aliphatic carbocycles. The lowest BCUT2D eigenvalue weighted by Gasteiger charge is -2.26. The Morgan fingerprint density at radius 1 is 1.24 bits per heavy atom. The van der Waals surface area contributed by atoms with Crippen LogP contribution in [0, 0.1) is 0 Å². The molecule has 2 heterocycles. The first-order valence-electron chi connectivity index (χ1n) is 9.20. The van der Waals surface area contributed by atoms with Crippen LogP contribution in [0.2, 0.25) is 0 Å². The Morgan fingerprint density at radius 2 is 2.08 bits per heavy atom. The number of carbonyl (C=O) groups is 3. The maximum Gasteiger partial charge on any atom is 0.239 e. The van der Waals surface area contributed by atoms with Gasteiger partial charge in [-0.1, -0.05) is 31.0 Å². The second kappa shape index (κ2) is 8.69. The van der Waals surface area contributed by atoms with Crippen molar-refractivity contribution in [1.82, 2.24) is 15.5 Å². The first-order valence-corrected chi connectivity index (χ1v) is 10.1. The number of aliphatic imine (C=N–C) groups is 1. The fourth-order valence-corrected chi connectivity index (χ4v) is 4.81. The number of nitrogens with zero attached hydrogens (tertiary/aromatic N) is 2. The molecule has 138 valence electrons. The summed E-state index contributed by atoms with van der Waals surface area (Å²) >= 11 is 1.70. The lowest BCUT2D eigenvalue weighted by atomic mass is 10.1. The van der Waals surface area contributed by atoms with E-state index in [-0.39, 0.29) is 24.3 Å². The maximum atomic E-state index is 12.1. The molecular weight excluding hydrogens is 340 g/mol. The summed E-state index contributed by atoms with van der Waals surface area (Å²) in [4.78, 5) is 41.7. The number of amides is 3. The summed E-state index contributed by atoms with van der Waals surface area (Å²) in [5.41, 5.74) is 0. The zero-order valence-corrected chi connectivity index (χ0v) is 15.3. The van der Waals surface area contributed by atoms with Crippen LogP contribution in [-0.2, 0) is 14.4 Å². The van der Waals surface area contributed by atoms with Crippen LogP contribution in [0.3, 0.4) is 0 Å². The molecule has 8 heteroatoms. The fourth-order valence-electron chi connectivity index (χ4n) is 3.52. The summed E-state index contributed by atoms with van der Waals surface area (Å²) in [6.07, 6.45) is 7.16. The molecule has 7 nitrogen and oxygen atoms in total. The van der Waals surface area contributed by atoms with Gasteiger partial charge in [0.15, 0.2) is 5.17 Å². The second-order valence-electron chi connectivity index (χ2n) is 6.86. The van der Waals surface area contributed by atoms with Crippen LogP contribution in [-0.4, -0.2) is 58.7 Å². The van der Waals surface area contributed by atoms with E-state index in [4.69, 9.17) is 0 Å². The largest absolute Gasteiger partial charge is 0.353 e. The molecule has 0 unspecified atom stereocenters. The minimum Gasteiger partial charge on any atom is -0.353 e. The number of hydrogen-bond donors (Lipinski definition) is 2.